The van der Waals surface area contributed by atoms with Gasteiger partial charge in [0.15, 0.2) is 6.61 Å². The zero-order chi connectivity index (χ0) is 22.2. The standard InChI is InChI=1S/C20H26ClFN4O5/c1-11-25-26-18(31-11)17(29)24-19-4-6-20(7-5-19,15(27)9-19)23-16(28)10-30-12-2-3-13(21)14(22)8-12/h2-3,8,11,15,18,25-27H,4-7,9-10H2,1H3,(H,23,28)(H,24,29). The van der Waals surface area contributed by atoms with Gasteiger partial charge in [0, 0.05) is 11.6 Å². The average Bonchev–Trinajstić information content (AvgIpc) is 3.17. The fourth-order valence-electron chi connectivity index (χ4n) is 4.61. The largest absolute Gasteiger partial charge is 0.484 e. The predicted octanol–water partition coefficient (Wildman–Crippen LogP) is 0.703. The molecule has 5 N–H and O–H groups in total. The van der Waals surface area contributed by atoms with E-state index in [1.165, 1.54) is 12.1 Å². The van der Waals surface area contributed by atoms with Crippen molar-refractivity contribution in [2.45, 2.75) is 68.7 Å². The maximum atomic E-state index is 13.5. The molecule has 0 radical (unpaired) electrons. The molecular weight excluding hydrogens is 431 g/mol. The number of benzene rings is 1. The molecule has 3 atom stereocenters. The molecule has 5 rings (SSSR count). The van der Waals surface area contributed by atoms with Gasteiger partial charge in [0.25, 0.3) is 11.8 Å². The Balaban J connectivity index is 1.31. The molecule has 31 heavy (non-hydrogen) atoms. The van der Waals surface area contributed by atoms with Crippen LogP contribution in [0.5, 0.6) is 5.75 Å². The number of hydrogen-bond acceptors (Lipinski definition) is 7. The number of fused-ring (bicyclic) bond motifs is 3. The molecule has 0 aromatic heterocycles. The van der Waals surface area contributed by atoms with Gasteiger partial charge in [-0.2, -0.15) is 0 Å². The maximum Gasteiger partial charge on any atom is 0.266 e. The molecule has 4 aliphatic rings. The first-order valence-electron chi connectivity index (χ1n) is 10.3. The summed E-state index contributed by atoms with van der Waals surface area (Å²) in [6.07, 6.45) is 0.729. The Hall–Kier alpha value is -1.98. The number of rotatable bonds is 6. The van der Waals surface area contributed by atoms with E-state index < -0.39 is 35.1 Å². The number of hydrogen-bond donors (Lipinski definition) is 5. The first-order valence-corrected chi connectivity index (χ1v) is 10.6. The van der Waals surface area contributed by atoms with E-state index in [4.69, 9.17) is 21.1 Å². The van der Waals surface area contributed by atoms with Gasteiger partial charge in [-0.25, -0.2) is 15.2 Å². The molecule has 1 heterocycles. The van der Waals surface area contributed by atoms with Crippen molar-refractivity contribution in [2.75, 3.05) is 6.61 Å². The third-order valence-corrected chi connectivity index (χ3v) is 6.66. The Labute approximate surface area is 184 Å². The molecule has 2 amide bonds. The summed E-state index contributed by atoms with van der Waals surface area (Å²) in [5.74, 6) is -1.13. The van der Waals surface area contributed by atoms with Gasteiger partial charge in [-0.15, -0.1) is 0 Å². The smallest absolute Gasteiger partial charge is 0.266 e. The lowest BCUT2D eigenvalue weighted by molar-refractivity contribution is -0.142. The topological polar surface area (TPSA) is 121 Å². The molecular formula is C20H26ClFN4O5. The van der Waals surface area contributed by atoms with Crippen molar-refractivity contribution < 1.29 is 28.6 Å². The molecule has 1 aliphatic heterocycles. The maximum absolute atomic E-state index is 13.5. The van der Waals surface area contributed by atoms with E-state index in [9.17, 15) is 19.1 Å². The number of hydrazine groups is 1. The van der Waals surface area contributed by atoms with Crippen LogP contribution in [-0.2, 0) is 14.3 Å². The summed E-state index contributed by atoms with van der Waals surface area (Å²) in [5.41, 5.74) is 4.31. The van der Waals surface area contributed by atoms with E-state index in [2.05, 4.69) is 21.5 Å². The van der Waals surface area contributed by atoms with Crippen molar-refractivity contribution in [1.29, 1.82) is 0 Å². The lowest BCUT2D eigenvalue weighted by atomic mass is 9.60. The molecule has 3 aliphatic carbocycles. The molecule has 170 valence electrons. The Morgan fingerprint density at radius 2 is 2.03 bits per heavy atom. The number of ether oxygens (including phenoxy) is 2. The van der Waals surface area contributed by atoms with Gasteiger partial charge in [0.05, 0.1) is 16.7 Å². The SMILES string of the molecule is CC1NNC(C(=O)NC23CCC(NC(=O)COc4ccc(Cl)c(F)c4)(CC2)C(O)C3)O1. The lowest BCUT2D eigenvalue weighted by Gasteiger charge is -2.56. The van der Waals surface area contributed by atoms with Crippen molar-refractivity contribution in [3.63, 3.8) is 0 Å². The van der Waals surface area contributed by atoms with E-state index >= 15 is 0 Å². The Kier molecular flexibility index (Phi) is 6.10. The fraction of sp³-hybridized carbons (Fsp3) is 0.600. The number of aliphatic hydroxyl groups is 1. The zero-order valence-corrected chi connectivity index (χ0v) is 17.8. The average molecular weight is 457 g/mol. The second-order valence-corrected chi connectivity index (χ2v) is 8.91. The third kappa shape index (κ3) is 4.63. The van der Waals surface area contributed by atoms with Crippen LogP contribution in [-0.4, -0.2) is 53.2 Å². The number of aliphatic hydroxyl groups excluding tert-OH is 1. The minimum Gasteiger partial charge on any atom is -0.484 e. The van der Waals surface area contributed by atoms with Crippen LogP contribution in [0.25, 0.3) is 0 Å². The molecule has 2 bridgehead atoms. The molecule has 4 fully saturated rings. The Bertz CT molecular complexity index is 864. The number of halogens is 2. The number of carbonyl (C=O) groups is 2. The number of carbonyl (C=O) groups excluding carboxylic acids is 2. The molecule has 1 aromatic carbocycles. The first kappa shape index (κ1) is 22.2. The molecule has 9 nitrogen and oxygen atoms in total. The second kappa shape index (κ2) is 8.51. The number of nitrogens with one attached hydrogen (secondary N) is 4. The molecule has 0 spiro atoms. The van der Waals surface area contributed by atoms with Crippen LogP contribution < -0.4 is 26.2 Å². The monoisotopic (exact) mass is 456 g/mol. The minimum absolute atomic E-state index is 0.0279. The van der Waals surface area contributed by atoms with E-state index in [0.29, 0.717) is 32.1 Å². The van der Waals surface area contributed by atoms with Crippen LogP contribution in [0.2, 0.25) is 5.02 Å². The highest BCUT2D eigenvalue weighted by Gasteiger charge is 2.55. The highest BCUT2D eigenvalue weighted by Crippen LogP contribution is 2.47. The van der Waals surface area contributed by atoms with Crippen LogP contribution >= 0.6 is 11.6 Å². The van der Waals surface area contributed by atoms with Gasteiger partial charge in [0.2, 0.25) is 6.23 Å². The van der Waals surface area contributed by atoms with E-state index in [-0.39, 0.29) is 29.5 Å². The van der Waals surface area contributed by atoms with Crippen LogP contribution in [0, 0.1) is 5.82 Å². The summed E-state index contributed by atoms with van der Waals surface area (Å²) in [7, 11) is 0. The summed E-state index contributed by atoms with van der Waals surface area (Å²) in [5, 5.41) is 16.7. The lowest BCUT2D eigenvalue weighted by Crippen LogP contribution is -2.71. The van der Waals surface area contributed by atoms with Crippen LogP contribution in [0.15, 0.2) is 18.2 Å². The highest BCUT2D eigenvalue weighted by atomic mass is 35.5. The number of amides is 2. The zero-order valence-electron chi connectivity index (χ0n) is 17.0. The summed E-state index contributed by atoms with van der Waals surface area (Å²) in [6, 6.07) is 3.94. The summed E-state index contributed by atoms with van der Waals surface area (Å²) >= 11 is 5.64. The molecule has 11 heteroatoms. The van der Waals surface area contributed by atoms with Crippen molar-refractivity contribution in [3.8, 4) is 5.75 Å². The van der Waals surface area contributed by atoms with Gasteiger partial charge in [-0.3, -0.25) is 9.59 Å². The van der Waals surface area contributed by atoms with Crippen LogP contribution in [0.1, 0.15) is 39.0 Å². The second-order valence-electron chi connectivity index (χ2n) is 8.51. The summed E-state index contributed by atoms with van der Waals surface area (Å²) < 4.78 is 24.3. The molecule has 1 aromatic rings. The van der Waals surface area contributed by atoms with Gasteiger partial charge in [-0.1, -0.05) is 11.6 Å². The van der Waals surface area contributed by atoms with Gasteiger partial charge < -0.3 is 25.2 Å². The van der Waals surface area contributed by atoms with Crippen LogP contribution in [0.3, 0.4) is 0 Å². The van der Waals surface area contributed by atoms with Gasteiger partial charge in [0.1, 0.15) is 17.8 Å². The first-order chi connectivity index (χ1) is 14.7. The van der Waals surface area contributed by atoms with Crippen molar-refractivity contribution in [3.05, 3.63) is 29.0 Å². The van der Waals surface area contributed by atoms with E-state index in [1.54, 1.807) is 6.92 Å². The van der Waals surface area contributed by atoms with E-state index in [1.807, 2.05) is 0 Å². The fourth-order valence-corrected chi connectivity index (χ4v) is 4.73. The van der Waals surface area contributed by atoms with Gasteiger partial charge in [-0.05, 0) is 51.2 Å². The molecule has 3 saturated carbocycles. The predicted molar refractivity (Wildman–Crippen MR) is 108 cm³/mol. The Morgan fingerprint density at radius 3 is 2.65 bits per heavy atom. The minimum atomic E-state index is -0.818. The van der Waals surface area contributed by atoms with Crippen molar-refractivity contribution >= 4 is 23.4 Å². The normalized spacial score (nSPS) is 34.4. The summed E-state index contributed by atoms with van der Waals surface area (Å²) in [4.78, 5) is 25.0. The summed E-state index contributed by atoms with van der Waals surface area (Å²) in [6.45, 7) is 1.47. The quantitative estimate of drug-likeness (QED) is 0.427. The highest BCUT2D eigenvalue weighted by molar-refractivity contribution is 6.30. The molecule has 1 saturated heterocycles. The third-order valence-electron chi connectivity index (χ3n) is 6.36. The van der Waals surface area contributed by atoms with E-state index in [0.717, 1.165) is 6.07 Å². The Morgan fingerprint density at radius 1 is 1.29 bits per heavy atom. The van der Waals surface area contributed by atoms with Crippen molar-refractivity contribution in [1.82, 2.24) is 21.5 Å². The van der Waals surface area contributed by atoms with Crippen LogP contribution in [0.4, 0.5) is 4.39 Å². The van der Waals surface area contributed by atoms with Gasteiger partial charge >= 0.3 is 0 Å². The van der Waals surface area contributed by atoms with Crippen molar-refractivity contribution in [2.24, 2.45) is 0 Å². The molecule has 3 unspecified atom stereocenters.